The highest BCUT2D eigenvalue weighted by molar-refractivity contribution is 7.89. The Morgan fingerprint density at radius 2 is 1.70 bits per heavy atom. The van der Waals surface area contributed by atoms with Gasteiger partial charge < -0.3 is 14.8 Å². The molecule has 0 spiro atoms. The molecule has 146 valence electrons. The summed E-state index contributed by atoms with van der Waals surface area (Å²) in [7, 11) is 0.437. The molecule has 0 heterocycles. The maximum Gasteiger partial charge on any atom is 0.243 e. The summed E-state index contributed by atoms with van der Waals surface area (Å²) in [6.45, 7) is 1.49. The lowest BCUT2D eigenvalue weighted by Crippen LogP contribution is -2.35. The van der Waals surface area contributed by atoms with Crippen molar-refractivity contribution in [1.29, 1.82) is 0 Å². The zero-order valence-electron chi connectivity index (χ0n) is 15.4. The second kappa shape index (κ2) is 8.60. The normalized spacial score (nSPS) is 11.3. The number of amides is 1. The van der Waals surface area contributed by atoms with Crippen LogP contribution in [0.1, 0.15) is 5.56 Å². The molecule has 27 heavy (non-hydrogen) atoms. The molecule has 0 fully saturated rings. The average molecular weight is 413 g/mol. The number of benzene rings is 2. The van der Waals surface area contributed by atoms with Crippen LogP contribution in [0.3, 0.4) is 0 Å². The maximum absolute atomic E-state index is 12.6. The van der Waals surface area contributed by atoms with Crippen molar-refractivity contribution in [3.05, 3.63) is 47.0 Å². The molecule has 2 rings (SSSR count). The van der Waals surface area contributed by atoms with Crippen LogP contribution in [0.2, 0.25) is 5.02 Å². The SMILES string of the molecule is COc1cc(NC(=O)CN(C)S(=O)(=O)c2ccc(C)cc2)c(OC)cc1Cl. The molecule has 0 aromatic heterocycles. The number of aryl methyl sites for hydroxylation is 1. The number of ether oxygens (including phenoxy) is 2. The van der Waals surface area contributed by atoms with Gasteiger partial charge in [-0.25, -0.2) is 8.42 Å². The van der Waals surface area contributed by atoms with Gasteiger partial charge in [0.1, 0.15) is 11.5 Å². The number of sulfonamides is 1. The Morgan fingerprint density at radius 3 is 2.26 bits per heavy atom. The van der Waals surface area contributed by atoms with E-state index in [4.69, 9.17) is 21.1 Å². The number of likely N-dealkylation sites (N-methyl/N-ethyl adjacent to an activating group) is 1. The first kappa shape index (κ1) is 21.0. The van der Waals surface area contributed by atoms with Crippen molar-refractivity contribution >= 4 is 33.2 Å². The molecule has 0 saturated heterocycles. The van der Waals surface area contributed by atoms with Crippen molar-refractivity contribution in [3.8, 4) is 11.5 Å². The number of halogens is 1. The summed E-state index contributed by atoms with van der Waals surface area (Å²) in [5.41, 5.74) is 1.27. The van der Waals surface area contributed by atoms with E-state index in [-0.39, 0.29) is 11.4 Å². The molecule has 0 radical (unpaired) electrons. The molecule has 0 atom stereocenters. The summed E-state index contributed by atoms with van der Waals surface area (Å²) in [6, 6.07) is 9.42. The zero-order valence-corrected chi connectivity index (χ0v) is 17.0. The van der Waals surface area contributed by atoms with Crippen molar-refractivity contribution in [2.24, 2.45) is 0 Å². The molecule has 0 bridgehead atoms. The van der Waals surface area contributed by atoms with Gasteiger partial charge in [0, 0.05) is 19.2 Å². The summed E-state index contributed by atoms with van der Waals surface area (Å²) < 4.78 is 36.5. The average Bonchev–Trinajstić information content (AvgIpc) is 2.62. The highest BCUT2D eigenvalue weighted by atomic mass is 35.5. The monoisotopic (exact) mass is 412 g/mol. The number of nitrogens with one attached hydrogen (secondary N) is 1. The second-order valence-corrected chi connectivity index (χ2v) is 8.26. The van der Waals surface area contributed by atoms with Crippen LogP contribution in [-0.4, -0.2) is 46.4 Å². The Balaban J connectivity index is 2.16. The van der Waals surface area contributed by atoms with E-state index in [1.54, 1.807) is 12.1 Å². The van der Waals surface area contributed by atoms with Gasteiger partial charge in [-0.1, -0.05) is 29.3 Å². The van der Waals surface area contributed by atoms with Crippen molar-refractivity contribution in [1.82, 2.24) is 4.31 Å². The number of hydrogen-bond donors (Lipinski definition) is 1. The van der Waals surface area contributed by atoms with Gasteiger partial charge in [-0.05, 0) is 19.1 Å². The van der Waals surface area contributed by atoms with Crippen LogP contribution in [0.15, 0.2) is 41.3 Å². The standard InChI is InChI=1S/C18H21ClN2O5S/c1-12-5-7-13(8-6-12)27(23,24)21(2)11-18(22)20-15-10-16(25-3)14(19)9-17(15)26-4/h5-10H,11H2,1-4H3,(H,20,22). The fourth-order valence-electron chi connectivity index (χ4n) is 2.33. The number of carbonyl (C=O) groups excluding carboxylic acids is 1. The van der Waals surface area contributed by atoms with Gasteiger partial charge in [0.25, 0.3) is 0 Å². The summed E-state index contributed by atoms with van der Waals surface area (Å²) in [6.07, 6.45) is 0. The molecule has 9 heteroatoms. The molecule has 2 aromatic rings. The number of nitrogens with zero attached hydrogens (tertiary/aromatic N) is 1. The third-order valence-electron chi connectivity index (χ3n) is 3.84. The lowest BCUT2D eigenvalue weighted by molar-refractivity contribution is -0.116. The van der Waals surface area contributed by atoms with E-state index in [1.165, 1.54) is 45.5 Å². The number of hydrogen-bond acceptors (Lipinski definition) is 5. The summed E-state index contributed by atoms with van der Waals surface area (Å²) >= 11 is 6.03. The fraction of sp³-hybridized carbons (Fsp3) is 0.278. The first-order valence-corrected chi connectivity index (χ1v) is 9.75. The minimum atomic E-state index is -3.78. The number of anilines is 1. The van der Waals surface area contributed by atoms with Crippen LogP contribution < -0.4 is 14.8 Å². The van der Waals surface area contributed by atoms with Crippen molar-refractivity contribution in [3.63, 3.8) is 0 Å². The molecule has 0 aliphatic heterocycles. The van der Waals surface area contributed by atoms with E-state index in [1.807, 2.05) is 6.92 Å². The summed E-state index contributed by atoms with van der Waals surface area (Å²) in [5.74, 6) is 0.155. The highest BCUT2D eigenvalue weighted by Gasteiger charge is 2.23. The van der Waals surface area contributed by atoms with Crippen LogP contribution in [0.4, 0.5) is 5.69 Å². The molecular formula is C18H21ClN2O5S. The molecule has 0 unspecified atom stereocenters. The van der Waals surface area contributed by atoms with E-state index >= 15 is 0 Å². The molecule has 7 nitrogen and oxygen atoms in total. The van der Waals surface area contributed by atoms with Crippen molar-refractivity contribution in [2.75, 3.05) is 33.1 Å². The second-order valence-electron chi connectivity index (χ2n) is 5.81. The first-order chi connectivity index (χ1) is 12.7. The third kappa shape index (κ3) is 4.91. The summed E-state index contributed by atoms with van der Waals surface area (Å²) in [5, 5.41) is 2.94. The Morgan fingerprint density at radius 1 is 1.11 bits per heavy atom. The fourth-order valence-corrected chi connectivity index (χ4v) is 3.68. The van der Waals surface area contributed by atoms with Crippen LogP contribution in [0.25, 0.3) is 0 Å². The minimum absolute atomic E-state index is 0.120. The first-order valence-electron chi connectivity index (χ1n) is 7.93. The van der Waals surface area contributed by atoms with E-state index in [0.29, 0.717) is 22.2 Å². The summed E-state index contributed by atoms with van der Waals surface area (Å²) in [4.78, 5) is 12.5. The molecule has 1 amide bonds. The van der Waals surface area contributed by atoms with Gasteiger partial charge >= 0.3 is 0 Å². The minimum Gasteiger partial charge on any atom is -0.495 e. The smallest absolute Gasteiger partial charge is 0.243 e. The zero-order chi connectivity index (χ0) is 20.2. The number of carbonyl (C=O) groups is 1. The predicted molar refractivity (Wildman–Crippen MR) is 104 cm³/mol. The Bertz CT molecular complexity index is 930. The van der Waals surface area contributed by atoms with Crippen LogP contribution in [-0.2, 0) is 14.8 Å². The van der Waals surface area contributed by atoms with Gasteiger partial charge in [-0.2, -0.15) is 4.31 Å². The van der Waals surface area contributed by atoms with Gasteiger partial charge in [0.05, 0.1) is 36.4 Å². The number of rotatable bonds is 7. The van der Waals surface area contributed by atoms with E-state index in [9.17, 15) is 13.2 Å². The van der Waals surface area contributed by atoms with Crippen molar-refractivity contribution in [2.45, 2.75) is 11.8 Å². The van der Waals surface area contributed by atoms with Gasteiger partial charge in [-0.15, -0.1) is 0 Å². The van der Waals surface area contributed by atoms with Crippen LogP contribution >= 0.6 is 11.6 Å². The predicted octanol–water partition coefficient (Wildman–Crippen LogP) is 2.92. The van der Waals surface area contributed by atoms with Gasteiger partial charge in [-0.3, -0.25) is 4.79 Å². The molecule has 0 aliphatic carbocycles. The Hall–Kier alpha value is -2.29. The van der Waals surface area contributed by atoms with Crippen LogP contribution in [0.5, 0.6) is 11.5 Å². The maximum atomic E-state index is 12.6. The number of methoxy groups -OCH3 is 2. The molecular weight excluding hydrogens is 392 g/mol. The lowest BCUT2D eigenvalue weighted by atomic mass is 10.2. The third-order valence-corrected chi connectivity index (χ3v) is 5.96. The molecule has 2 aromatic carbocycles. The Kier molecular flexibility index (Phi) is 6.69. The van der Waals surface area contributed by atoms with E-state index in [0.717, 1.165) is 9.87 Å². The largest absolute Gasteiger partial charge is 0.495 e. The Labute approximate surface area is 163 Å². The van der Waals surface area contributed by atoms with Crippen molar-refractivity contribution < 1.29 is 22.7 Å². The van der Waals surface area contributed by atoms with Crippen LogP contribution in [0, 0.1) is 6.92 Å². The molecule has 1 N–H and O–H groups in total. The highest BCUT2D eigenvalue weighted by Crippen LogP contribution is 2.35. The molecule has 0 aliphatic rings. The quantitative estimate of drug-likeness (QED) is 0.755. The lowest BCUT2D eigenvalue weighted by Gasteiger charge is -2.18. The van der Waals surface area contributed by atoms with Gasteiger partial charge in [0.15, 0.2) is 0 Å². The van der Waals surface area contributed by atoms with E-state index in [2.05, 4.69) is 5.32 Å². The van der Waals surface area contributed by atoms with Gasteiger partial charge in [0.2, 0.25) is 15.9 Å². The topological polar surface area (TPSA) is 84.9 Å². The van der Waals surface area contributed by atoms with E-state index < -0.39 is 15.9 Å². The molecule has 0 saturated carbocycles.